The maximum Gasteiger partial charge on any atom is 0.214 e. The zero-order valence-electron chi connectivity index (χ0n) is 6.87. The monoisotopic (exact) mass is 180 g/mol. The van der Waals surface area contributed by atoms with Crippen molar-refractivity contribution in [1.29, 1.82) is 5.26 Å². The maximum absolute atomic E-state index is 8.67. The van der Waals surface area contributed by atoms with Crippen LogP contribution in [0.2, 0.25) is 0 Å². The molecule has 62 valence electrons. The number of pyridine rings is 1. The highest BCUT2D eigenvalue weighted by molar-refractivity contribution is 7.98. The first-order valence-electron chi connectivity index (χ1n) is 3.31. The summed E-state index contributed by atoms with van der Waals surface area (Å²) in [5.41, 5.74) is 0.586. The van der Waals surface area contributed by atoms with Gasteiger partial charge < -0.3 is 4.74 Å². The molecule has 0 amide bonds. The Hall–Kier alpha value is -1.21. The van der Waals surface area contributed by atoms with Gasteiger partial charge in [-0.05, 0) is 12.3 Å². The van der Waals surface area contributed by atoms with E-state index in [0.717, 1.165) is 0 Å². The second kappa shape index (κ2) is 3.98. The maximum atomic E-state index is 8.67. The molecule has 0 aliphatic heterocycles. The first-order chi connectivity index (χ1) is 5.81. The zero-order valence-corrected chi connectivity index (χ0v) is 7.68. The molecule has 1 aromatic rings. The SMILES string of the molecule is COc1ccc(C#N)c(SC)n1. The molecular formula is C8H8N2OS. The fraction of sp³-hybridized carbons (Fsp3) is 0.250. The average Bonchev–Trinajstić information content (AvgIpc) is 2.16. The van der Waals surface area contributed by atoms with Gasteiger partial charge in [0, 0.05) is 6.07 Å². The van der Waals surface area contributed by atoms with Gasteiger partial charge in [0.05, 0.1) is 12.7 Å². The van der Waals surface area contributed by atoms with Gasteiger partial charge in [0.1, 0.15) is 11.1 Å². The molecule has 1 aromatic heterocycles. The van der Waals surface area contributed by atoms with Gasteiger partial charge in [0.15, 0.2) is 0 Å². The summed E-state index contributed by atoms with van der Waals surface area (Å²) in [4.78, 5) is 4.10. The highest BCUT2D eigenvalue weighted by Crippen LogP contribution is 2.20. The van der Waals surface area contributed by atoms with Crippen molar-refractivity contribution in [2.24, 2.45) is 0 Å². The number of hydrogen-bond donors (Lipinski definition) is 0. The molecule has 3 nitrogen and oxygen atoms in total. The van der Waals surface area contributed by atoms with E-state index in [2.05, 4.69) is 11.1 Å². The van der Waals surface area contributed by atoms with Gasteiger partial charge in [0.2, 0.25) is 5.88 Å². The minimum absolute atomic E-state index is 0.540. The minimum atomic E-state index is 0.540. The van der Waals surface area contributed by atoms with Crippen LogP contribution in [0, 0.1) is 11.3 Å². The van der Waals surface area contributed by atoms with E-state index in [1.165, 1.54) is 11.8 Å². The third-order valence-corrected chi connectivity index (χ3v) is 2.06. The molecule has 0 saturated carbocycles. The molecule has 0 spiro atoms. The van der Waals surface area contributed by atoms with E-state index < -0.39 is 0 Å². The molecule has 0 aliphatic rings. The Balaban J connectivity index is 3.13. The number of aromatic nitrogens is 1. The molecule has 0 unspecified atom stereocenters. The summed E-state index contributed by atoms with van der Waals surface area (Å²) < 4.78 is 4.92. The van der Waals surface area contributed by atoms with Crippen molar-refractivity contribution in [3.8, 4) is 11.9 Å². The largest absolute Gasteiger partial charge is 0.481 e. The van der Waals surface area contributed by atoms with Crippen LogP contribution in [0.25, 0.3) is 0 Å². The lowest BCUT2D eigenvalue weighted by atomic mass is 10.3. The zero-order chi connectivity index (χ0) is 8.97. The molecule has 0 N–H and O–H groups in total. The van der Waals surface area contributed by atoms with Crippen molar-refractivity contribution >= 4 is 11.8 Å². The van der Waals surface area contributed by atoms with Crippen LogP contribution in [-0.2, 0) is 0 Å². The number of rotatable bonds is 2. The number of nitrogens with zero attached hydrogens (tertiary/aromatic N) is 2. The summed E-state index contributed by atoms with van der Waals surface area (Å²) in [5.74, 6) is 0.540. The molecule has 0 bridgehead atoms. The van der Waals surface area contributed by atoms with Crippen molar-refractivity contribution < 1.29 is 4.74 Å². The first-order valence-corrected chi connectivity index (χ1v) is 4.53. The summed E-state index contributed by atoms with van der Waals surface area (Å²) >= 11 is 1.44. The van der Waals surface area contributed by atoms with E-state index >= 15 is 0 Å². The lowest BCUT2D eigenvalue weighted by Gasteiger charge is -2.01. The second-order valence-corrected chi connectivity index (χ2v) is 2.82. The number of methoxy groups -OCH3 is 1. The van der Waals surface area contributed by atoms with Crippen molar-refractivity contribution in [2.75, 3.05) is 13.4 Å². The van der Waals surface area contributed by atoms with Crippen LogP contribution < -0.4 is 4.74 Å². The standard InChI is InChI=1S/C8H8N2OS/c1-11-7-4-3-6(5-9)8(10-7)12-2/h3-4H,1-2H3. The topological polar surface area (TPSA) is 45.9 Å². The van der Waals surface area contributed by atoms with E-state index in [-0.39, 0.29) is 0 Å². The van der Waals surface area contributed by atoms with E-state index in [9.17, 15) is 0 Å². The molecule has 0 radical (unpaired) electrons. The predicted molar refractivity (Wildman–Crippen MR) is 47.3 cm³/mol. The molecule has 0 saturated heterocycles. The van der Waals surface area contributed by atoms with E-state index in [4.69, 9.17) is 10.00 Å². The van der Waals surface area contributed by atoms with Crippen molar-refractivity contribution in [2.45, 2.75) is 5.03 Å². The second-order valence-electron chi connectivity index (χ2n) is 2.02. The molecule has 0 aliphatic carbocycles. The molecule has 1 heterocycles. The number of thioether (sulfide) groups is 1. The van der Waals surface area contributed by atoms with Crippen LogP contribution in [0.4, 0.5) is 0 Å². The normalized spacial score (nSPS) is 9.08. The van der Waals surface area contributed by atoms with Gasteiger partial charge in [-0.3, -0.25) is 0 Å². The van der Waals surface area contributed by atoms with Gasteiger partial charge in [-0.2, -0.15) is 5.26 Å². The van der Waals surface area contributed by atoms with Gasteiger partial charge in [-0.25, -0.2) is 4.98 Å². The quantitative estimate of drug-likeness (QED) is 0.650. The Morgan fingerprint density at radius 1 is 1.58 bits per heavy atom. The molecule has 4 heteroatoms. The lowest BCUT2D eigenvalue weighted by molar-refractivity contribution is 0.394. The van der Waals surface area contributed by atoms with Gasteiger partial charge in [0.25, 0.3) is 0 Å². The third-order valence-electron chi connectivity index (χ3n) is 1.36. The van der Waals surface area contributed by atoms with E-state index in [0.29, 0.717) is 16.5 Å². The number of nitriles is 1. The molecule has 12 heavy (non-hydrogen) atoms. The lowest BCUT2D eigenvalue weighted by Crippen LogP contribution is -1.91. The predicted octanol–water partition coefficient (Wildman–Crippen LogP) is 1.68. The summed E-state index contributed by atoms with van der Waals surface area (Å²) in [5, 5.41) is 9.37. The van der Waals surface area contributed by atoms with E-state index in [1.54, 1.807) is 19.2 Å². The van der Waals surface area contributed by atoms with Gasteiger partial charge >= 0.3 is 0 Å². The average molecular weight is 180 g/mol. The number of hydrogen-bond acceptors (Lipinski definition) is 4. The van der Waals surface area contributed by atoms with Crippen LogP contribution >= 0.6 is 11.8 Å². The minimum Gasteiger partial charge on any atom is -0.481 e. The van der Waals surface area contributed by atoms with Crippen LogP contribution in [0.3, 0.4) is 0 Å². The van der Waals surface area contributed by atoms with Crippen LogP contribution in [0.15, 0.2) is 17.2 Å². The molecule has 0 atom stereocenters. The number of ether oxygens (including phenoxy) is 1. The Bertz CT molecular complexity index is 319. The van der Waals surface area contributed by atoms with Crippen molar-refractivity contribution in [1.82, 2.24) is 4.98 Å². The molecule has 0 fully saturated rings. The van der Waals surface area contributed by atoms with Crippen LogP contribution in [-0.4, -0.2) is 18.3 Å². The van der Waals surface area contributed by atoms with Gasteiger partial charge in [-0.15, -0.1) is 11.8 Å². The fourth-order valence-electron chi connectivity index (χ4n) is 0.778. The van der Waals surface area contributed by atoms with Crippen LogP contribution in [0.5, 0.6) is 5.88 Å². The Labute approximate surface area is 75.4 Å². The smallest absolute Gasteiger partial charge is 0.214 e. The summed E-state index contributed by atoms with van der Waals surface area (Å²) in [6.07, 6.45) is 1.88. The molecular weight excluding hydrogens is 172 g/mol. The molecule has 0 aromatic carbocycles. The van der Waals surface area contributed by atoms with Crippen molar-refractivity contribution in [3.63, 3.8) is 0 Å². The Morgan fingerprint density at radius 2 is 2.33 bits per heavy atom. The van der Waals surface area contributed by atoms with Crippen molar-refractivity contribution in [3.05, 3.63) is 17.7 Å². The fourth-order valence-corrected chi connectivity index (χ4v) is 1.29. The highest BCUT2D eigenvalue weighted by atomic mass is 32.2. The first kappa shape index (κ1) is 8.88. The van der Waals surface area contributed by atoms with Gasteiger partial charge in [-0.1, -0.05) is 0 Å². The molecule has 1 rings (SSSR count). The summed E-state index contributed by atoms with van der Waals surface area (Å²) in [6.45, 7) is 0. The Kier molecular flexibility index (Phi) is 2.94. The van der Waals surface area contributed by atoms with E-state index in [1.807, 2.05) is 6.26 Å². The summed E-state index contributed by atoms with van der Waals surface area (Å²) in [7, 11) is 1.55. The third kappa shape index (κ3) is 1.69. The Morgan fingerprint density at radius 3 is 2.83 bits per heavy atom. The summed E-state index contributed by atoms with van der Waals surface area (Å²) in [6, 6.07) is 5.44. The highest BCUT2D eigenvalue weighted by Gasteiger charge is 2.03. The van der Waals surface area contributed by atoms with Crippen LogP contribution in [0.1, 0.15) is 5.56 Å².